The largest absolute Gasteiger partial charge is 0.382 e. The lowest BCUT2D eigenvalue weighted by Crippen LogP contribution is -2.49. The molecule has 0 radical (unpaired) electrons. The van der Waals surface area contributed by atoms with Crippen molar-refractivity contribution < 1.29 is 18.0 Å². The van der Waals surface area contributed by atoms with Crippen LogP contribution in [0.1, 0.15) is 51.5 Å². The number of ketones is 1. The number of anilines is 2. The van der Waals surface area contributed by atoms with E-state index in [0.29, 0.717) is 37.6 Å². The first-order valence-corrected chi connectivity index (χ1v) is 12.8. The normalized spacial score (nSPS) is 15.2. The highest BCUT2D eigenvalue weighted by Gasteiger charge is 2.27. The highest BCUT2D eigenvalue weighted by Crippen LogP contribution is 2.17. The number of nitrogens with one attached hydrogen (secondary N) is 1. The molecular weight excluding hydrogens is 444 g/mol. The minimum Gasteiger partial charge on any atom is -0.382 e. The van der Waals surface area contributed by atoms with Crippen LogP contribution in [-0.4, -0.2) is 72.9 Å². The number of carbonyl (C=O) groups is 2. The van der Waals surface area contributed by atoms with Gasteiger partial charge >= 0.3 is 0 Å². The number of Topliss-reactive ketones (excluding diaryl/α,β-unsaturated/α-hetero) is 1. The molecule has 0 atom stereocenters. The van der Waals surface area contributed by atoms with Crippen LogP contribution in [-0.2, 0) is 14.8 Å². The third-order valence-electron chi connectivity index (χ3n) is 4.90. The van der Waals surface area contributed by atoms with Gasteiger partial charge in [0.2, 0.25) is 10.0 Å². The molecule has 0 saturated carbocycles. The van der Waals surface area contributed by atoms with Gasteiger partial charge in [0, 0.05) is 31.8 Å². The molecule has 1 aliphatic heterocycles. The Morgan fingerprint density at radius 2 is 1.82 bits per heavy atom. The zero-order valence-corrected chi connectivity index (χ0v) is 21.0. The standard InChI is InChI=1S/C20H30N6O4S.C2H6/c1-4-7-8-15(5-2)16(27)13-23-20(28)18-19(21)22-14-17(24-18)25-9-11-26(12-10-25)31(29,30)6-3;1-2/h5,7-8,14H,4,6,9-13H2,1-3H3,(H2,21,22)(H,23,28);1-2H3/b8-7-,15-5+;. The van der Waals surface area contributed by atoms with Gasteiger partial charge in [0.05, 0.1) is 18.5 Å². The molecule has 2 rings (SSSR count). The molecule has 10 nitrogen and oxygen atoms in total. The Balaban J connectivity index is 0.00000265. The number of sulfonamides is 1. The zero-order valence-electron chi connectivity index (χ0n) is 20.2. The monoisotopic (exact) mass is 480 g/mol. The van der Waals surface area contributed by atoms with E-state index < -0.39 is 15.9 Å². The zero-order chi connectivity index (χ0) is 25.0. The fraction of sp³-hybridized carbons (Fsp3) is 0.545. The molecule has 3 N–H and O–H groups in total. The van der Waals surface area contributed by atoms with E-state index in [-0.39, 0.29) is 29.6 Å². The van der Waals surface area contributed by atoms with Crippen LogP contribution in [0, 0.1) is 0 Å². The van der Waals surface area contributed by atoms with Crippen molar-refractivity contribution in [2.75, 3.05) is 49.1 Å². The van der Waals surface area contributed by atoms with Crippen molar-refractivity contribution in [2.45, 2.75) is 41.0 Å². The van der Waals surface area contributed by atoms with Gasteiger partial charge in [-0.25, -0.2) is 18.4 Å². The van der Waals surface area contributed by atoms with Crippen molar-refractivity contribution in [3.05, 3.63) is 35.7 Å². The predicted octanol–water partition coefficient (Wildman–Crippen LogP) is 1.77. The van der Waals surface area contributed by atoms with Gasteiger partial charge in [-0.3, -0.25) is 9.59 Å². The number of amides is 1. The number of allylic oxidation sites excluding steroid dienone is 3. The number of hydrogen-bond donors (Lipinski definition) is 2. The third kappa shape index (κ3) is 7.93. The van der Waals surface area contributed by atoms with E-state index in [1.165, 1.54) is 10.5 Å². The smallest absolute Gasteiger partial charge is 0.274 e. The lowest BCUT2D eigenvalue weighted by molar-refractivity contribution is -0.114. The molecule has 0 aromatic carbocycles. The minimum absolute atomic E-state index is 0.0435. The van der Waals surface area contributed by atoms with E-state index in [4.69, 9.17) is 5.73 Å². The Morgan fingerprint density at radius 3 is 2.36 bits per heavy atom. The maximum absolute atomic E-state index is 12.6. The molecule has 1 fully saturated rings. The first kappa shape index (κ1) is 28.2. The molecule has 2 heterocycles. The van der Waals surface area contributed by atoms with E-state index in [9.17, 15) is 18.0 Å². The van der Waals surface area contributed by atoms with Crippen LogP contribution in [0.15, 0.2) is 30.0 Å². The van der Waals surface area contributed by atoms with Gasteiger partial charge in [0.15, 0.2) is 17.3 Å². The molecule has 11 heteroatoms. The third-order valence-corrected chi connectivity index (χ3v) is 6.78. The van der Waals surface area contributed by atoms with E-state index in [1.54, 1.807) is 26.0 Å². The van der Waals surface area contributed by atoms with Crippen molar-refractivity contribution in [2.24, 2.45) is 0 Å². The molecule has 184 valence electrons. The van der Waals surface area contributed by atoms with Gasteiger partial charge < -0.3 is 16.0 Å². The number of carbonyl (C=O) groups excluding carboxylic acids is 2. The topological polar surface area (TPSA) is 139 Å². The van der Waals surface area contributed by atoms with Gasteiger partial charge in [-0.05, 0) is 20.3 Å². The molecule has 0 bridgehead atoms. The Morgan fingerprint density at radius 1 is 1.18 bits per heavy atom. The highest BCUT2D eigenvalue weighted by molar-refractivity contribution is 7.89. The number of nitrogens with two attached hydrogens (primary N) is 1. The Hall–Kier alpha value is -2.79. The summed E-state index contributed by atoms with van der Waals surface area (Å²) in [5.74, 6) is -0.378. The van der Waals surface area contributed by atoms with Crippen molar-refractivity contribution in [1.29, 1.82) is 0 Å². The lowest BCUT2D eigenvalue weighted by atomic mass is 10.1. The van der Waals surface area contributed by atoms with Crippen molar-refractivity contribution in [3.63, 3.8) is 0 Å². The van der Waals surface area contributed by atoms with Crippen molar-refractivity contribution in [1.82, 2.24) is 19.6 Å². The molecule has 0 unspecified atom stereocenters. The molecule has 1 aromatic heterocycles. The number of piperazine rings is 1. The summed E-state index contributed by atoms with van der Waals surface area (Å²) in [6.07, 6.45) is 7.53. The SMILES string of the molecule is C/C=C(\C=C/CC)C(=O)CNC(=O)c1nc(N2CCN(S(=O)(=O)CC)CC2)cnc1N.CC. The summed E-state index contributed by atoms with van der Waals surface area (Å²) in [7, 11) is -3.24. The van der Waals surface area contributed by atoms with Gasteiger partial charge in [-0.1, -0.05) is 39.0 Å². The maximum Gasteiger partial charge on any atom is 0.274 e. The van der Waals surface area contributed by atoms with Gasteiger partial charge in [-0.2, -0.15) is 4.31 Å². The van der Waals surface area contributed by atoms with E-state index >= 15 is 0 Å². The second-order valence-corrected chi connectivity index (χ2v) is 9.17. The predicted molar refractivity (Wildman–Crippen MR) is 132 cm³/mol. The molecule has 1 aromatic rings. The molecule has 0 spiro atoms. The number of rotatable bonds is 9. The molecular formula is C22H36N6O4S. The van der Waals surface area contributed by atoms with Crippen molar-refractivity contribution in [3.8, 4) is 0 Å². The average molecular weight is 481 g/mol. The second kappa shape index (κ2) is 13.7. The molecule has 1 saturated heterocycles. The van der Waals surface area contributed by atoms with Crippen LogP contribution < -0.4 is 16.0 Å². The molecule has 1 amide bonds. The first-order chi connectivity index (χ1) is 15.7. The quantitative estimate of drug-likeness (QED) is 0.403. The lowest BCUT2D eigenvalue weighted by Gasteiger charge is -2.34. The Labute approximate surface area is 197 Å². The first-order valence-electron chi connectivity index (χ1n) is 11.2. The van der Waals surface area contributed by atoms with E-state index in [2.05, 4.69) is 15.3 Å². The van der Waals surface area contributed by atoms with Crippen LogP contribution >= 0.6 is 0 Å². The fourth-order valence-corrected chi connectivity index (χ4v) is 4.11. The van der Waals surface area contributed by atoms with Crippen LogP contribution in [0.5, 0.6) is 0 Å². The van der Waals surface area contributed by atoms with Crippen LogP contribution in [0.3, 0.4) is 0 Å². The Kier molecular flexibility index (Phi) is 11.7. The summed E-state index contributed by atoms with van der Waals surface area (Å²) in [6, 6.07) is 0. The summed E-state index contributed by atoms with van der Waals surface area (Å²) in [5.41, 5.74) is 6.27. The van der Waals surface area contributed by atoms with E-state index in [1.807, 2.05) is 31.7 Å². The van der Waals surface area contributed by atoms with Crippen LogP contribution in [0.2, 0.25) is 0 Å². The number of nitrogen functional groups attached to an aromatic ring is 1. The summed E-state index contributed by atoms with van der Waals surface area (Å²) >= 11 is 0. The Bertz CT molecular complexity index is 967. The molecule has 0 aliphatic carbocycles. The minimum atomic E-state index is -3.24. The number of aromatic nitrogens is 2. The van der Waals surface area contributed by atoms with Crippen LogP contribution in [0.25, 0.3) is 0 Å². The number of nitrogens with zero attached hydrogens (tertiary/aromatic N) is 4. The van der Waals surface area contributed by atoms with E-state index in [0.717, 1.165) is 6.42 Å². The second-order valence-electron chi connectivity index (χ2n) is 6.91. The molecule has 33 heavy (non-hydrogen) atoms. The van der Waals surface area contributed by atoms with Crippen molar-refractivity contribution >= 4 is 33.3 Å². The maximum atomic E-state index is 12.6. The summed E-state index contributed by atoms with van der Waals surface area (Å²) in [4.78, 5) is 35.1. The average Bonchev–Trinajstić information content (AvgIpc) is 2.84. The fourth-order valence-electron chi connectivity index (χ4n) is 3.03. The van der Waals surface area contributed by atoms with Gasteiger partial charge in [0.25, 0.3) is 5.91 Å². The van der Waals surface area contributed by atoms with Gasteiger partial charge in [-0.15, -0.1) is 0 Å². The summed E-state index contributed by atoms with van der Waals surface area (Å²) < 4.78 is 25.5. The van der Waals surface area contributed by atoms with Gasteiger partial charge in [0.1, 0.15) is 5.82 Å². The summed E-state index contributed by atoms with van der Waals surface area (Å²) in [6.45, 7) is 10.6. The summed E-state index contributed by atoms with van der Waals surface area (Å²) in [5, 5.41) is 2.54. The number of hydrogen-bond acceptors (Lipinski definition) is 8. The highest BCUT2D eigenvalue weighted by atomic mass is 32.2. The molecule has 1 aliphatic rings. The van der Waals surface area contributed by atoms with Crippen LogP contribution in [0.4, 0.5) is 11.6 Å².